The van der Waals surface area contributed by atoms with Gasteiger partial charge in [0.05, 0.1) is 6.10 Å². The number of halogens is 3. The van der Waals surface area contributed by atoms with E-state index in [0.717, 1.165) is 0 Å². The zero-order valence-electron chi connectivity index (χ0n) is 12.0. The van der Waals surface area contributed by atoms with Gasteiger partial charge in [-0.05, 0) is 12.8 Å². The van der Waals surface area contributed by atoms with Crippen molar-refractivity contribution in [2.75, 3.05) is 13.2 Å². The summed E-state index contributed by atoms with van der Waals surface area (Å²) in [5.41, 5.74) is 0. The molecule has 0 aliphatic heterocycles. The van der Waals surface area contributed by atoms with E-state index in [0.29, 0.717) is 13.2 Å². The van der Waals surface area contributed by atoms with Crippen molar-refractivity contribution in [3.8, 4) is 0 Å². The van der Waals surface area contributed by atoms with Crippen LogP contribution in [-0.2, 0) is 9.47 Å². The second-order valence-corrected chi connectivity index (χ2v) is 4.17. The van der Waals surface area contributed by atoms with Crippen LogP contribution >= 0.6 is 0 Å². The van der Waals surface area contributed by atoms with E-state index in [9.17, 15) is 18.3 Å². The molecule has 0 bridgehead atoms. The second kappa shape index (κ2) is 13.7. The fraction of sp³-hybridized carbons (Fsp3) is 0.615. The van der Waals surface area contributed by atoms with Crippen molar-refractivity contribution < 1.29 is 64.0 Å². The summed E-state index contributed by atoms with van der Waals surface area (Å²) in [6.07, 6.45) is -0.993. The summed E-state index contributed by atoms with van der Waals surface area (Å²) < 4.78 is 48.5. The van der Waals surface area contributed by atoms with Gasteiger partial charge in [0.2, 0.25) is 0 Å². The molecule has 0 amide bonds. The minimum absolute atomic E-state index is 0. The molecule has 122 valence electrons. The minimum atomic E-state index is -1.46. The van der Waals surface area contributed by atoms with Crippen LogP contribution in [0, 0.1) is 43.8 Å². The van der Waals surface area contributed by atoms with Crippen LogP contribution in [-0.4, -0.2) is 29.5 Å². The third kappa shape index (κ3) is 9.59. The van der Waals surface area contributed by atoms with Crippen LogP contribution in [0.2, 0.25) is 0 Å². The molecule has 0 aliphatic rings. The smallest absolute Gasteiger partial charge is 0.195 e. The molecule has 0 aliphatic carbocycles. The summed E-state index contributed by atoms with van der Waals surface area (Å²) in [4.78, 5) is 0. The van der Waals surface area contributed by atoms with E-state index < -0.39 is 42.4 Å². The van der Waals surface area contributed by atoms with Crippen molar-refractivity contribution in [1.82, 2.24) is 0 Å². The van der Waals surface area contributed by atoms with Gasteiger partial charge >= 0.3 is 0 Å². The molecule has 2 atom stereocenters. The zero-order chi connectivity index (χ0) is 15.5. The van der Waals surface area contributed by atoms with E-state index in [1.165, 1.54) is 6.92 Å². The first-order valence-corrected chi connectivity index (χ1v) is 6.22. The third-order valence-corrected chi connectivity index (χ3v) is 2.64. The maximum Gasteiger partial charge on any atom is 0.195 e. The summed E-state index contributed by atoms with van der Waals surface area (Å²) >= 11 is 0. The number of rotatable bonds is 10. The molecular formula is C13H20F3O4U-. The molecule has 0 saturated carbocycles. The molecule has 0 aromatic rings. The van der Waals surface area contributed by atoms with Crippen molar-refractivity contribution in [3.63, 3.8) is 0 Å². The first-order chi connectivity index (χ1) is 9.47. The monoisotopic (exact) mass is 535 g/mol. The normalized spacial score (nSPS) is 15.9. The first kappa shape index (κ1) is 23.3. The van der Waals surface area contributed by atoms with E-state index in [4.69, 9.17) is 9.84 Å². The number of allylic oxidation sites excluding steroid dienone is 2. The van der Waals surface area contributed by atoms with E-state index in [-0.39, 0.29) is 44.1 Å². The molecule has 8 heteroatoms. The Kier molecular flexibility index (Phi) is 15.1. The molecule has 21 heavy (non-hydrogen) atoms. The van der Waals surface area contributed by atoms with Gasteiger partial charge in [0.1, 0.15) is 18.8 Å². The fourth-order valence-corrected chi connectivity index (χ4v) is 1.22. The van der Waals surface area contributed by atoms with Crippen LogP contribution in [0.5, 0.6) is 0 Å². The zero-order valence-corrected chi connectivity index (χ0v) is 16.1. The summed E-state index contributed by atoms with van der Waals surface area (Å²) in [5, 5.41) is 17.7. The van der Waals surface area contributed by atoms with Crippen molar-refractivity contribution in [2.24, 2.45) is 5.92 Å². The van der Waals surface area contributed by atoms with Crippen LogP contribution in [0.15, 0.2) is 23.7 Å². The van der Waals surface area contributed by atoms with Gasteiger partial charge in [0, 0.05) is 43.6 Å². The van der Waals surface area contributed by atoms with Crippen LogP contribution in [0.3, 0.4) is 0 Å². The Morgan fingerprint density at radius 2 is 2.00 bits per heavy atom. The Hall–Kier alpha value is 0.00195. The summed E-state index contributed by atoms with van der Waals surface area (Å²) in [5.74, 6) is -3.84. The molecule has 0 aromatic carbocycles. The van der Waals surface area contributed by atoms with Crippen LogP contribution in [0.25, 0.3) is 0 Å². The largest absolute Gasteiger partial charge is 0.539 e. The molecule has 0 spiro atoms. The van der Waals surface area contributed by atoms with Crippen LogP contribution in [0.4, 0.5) is 13.2 Å². The molecule has 4 nitrogen and oxygen atoms in total. The van der Waals surface area contributed by atoms with E-state index in [1.807, 2.05) is 0 Å². The Morgan fingerprint density at radius 1 is 1.38 bits per heavy atom. The van der Waals surface area contributed by atoms with Crippen LogP contribution in [0.1, 0.15) is 26.7 Å². The molecule has 2 unspecified atom stereocenters. The Balaban J connectivity index is 0. The molecule has 2 N–H and O–H groups in total. The van der Waals surface area contributed by atoms with E-state index in [1.54, 1.807) is 6.92 Å². The third-order valence-electron chi connectivity index (χ3n) is 2.64. The topological polar surface area (TPSA) is 58.9 Å². The number of ether oxygens (including phenoxy) is 2. The summed E-state index contributed by atoms with van der Waals surface area (Å²) in [6, 6.07) is 0. The molecular weight excluding hydrogens is 515 g/mol. The second-order valence-electron chi connectivity index (χ2n) is 4.17. The first-order valence-electron chi connectivity index (χ1n) is 6.22. The predicted molar refractivity (Wildman–Crippen MR) is 66.7 cm³/mol. The molecule has 0 rings (SSSR count). The number of hydrogen-bond donors (Lipinski definition) is 2. The molecule has 0 fully saturated rings. The van der Waals surface area contributed by atoms with Gasteiger partial charge in [-0.3, -0.25) is 0 Å². The quantitative estimate of drug-likeness (QED) is 0.195. The Morgan fingerprint density at radius 3 is 2.48 bits per heavy atom. The van der Waals surface area contributed by atoms with Crippen molar-refractivity contribution in [2.45, 2.75) is 32.8 Å². The average Bonchev–Trinajstić information content (AvgIpc) is 2.46. The van der Waals surface area contributed by atoms with Crippen LogP contribution < -0.4 is 0 Å². The number of hydrogen-bond acceptors (Lipinski definition) is 4. The van der Waals surface area contributed by atoms with Gasteiger partial charge in [-0.2, -0.15) is 0 Å². The summed E-state index contributed by atoms with van der Waals surface area (Å²) in [7, 11) is 0. The van der Waals surface area contributed by atoms with Crippen molar-refractivity contribution >= 4 is 0 Å². The fourth-order valence-electron chi connectivity index (χ4n) is 1.22. The maximum atomic E-state index is 13.8. The summed E-state index contributed by atoms with van der Waals surface area (Å²) in [6.45, 7) is 3.25. The molecule has 0 radical (unpaired) electrons. The number of aliphatic hydroxyl groups excluding tert-OH is 2. The van der Waals surface area contributed by atoms with Gasteiger partial charge in [0.15, 0.2) is 11.6 Å². The SMILES string of the molecule is CCC(C)/C(F)=C(OCC(O)CCO[CH-]O)\C(F)=C\F.[U]. The van der Waals surface area contributed by atoms with E-state index in [2.05, 4.69) is 4.74 Å². The predicted octanol–water partition coefficient (Wildman–Crippen LogP) is 3.27. The van der Waals surface area contributed by atoms with Crippen molar-refractivity contribution in [3.05, 3.63) is 30.5 Å². The van der Waals surface area contributed by atoms with Gasteiger partial charge in [0.25, 0.3) is 0 Å². The van der Waals surface area contributed by atoms with Gasteiger partial charge in [-0.25, -0.2) is 13.2 Å². The van der Waals surface area contributed by atoms with E-state index >= 15 is 0 Å². The maximum absolute atomic E-state index is 13.8. The molecule has 0 aromatic heterocycles. The Labute approximate surface area is 146 Å². The molecule has 0 heterocycles. The Bertz CT molecular complexity index is 337. The average molecular weight is 535 g/mol. The van der Waals surface area contributed by atoms with Gasteiger partial charge in [-0.15, -0.1) is 0 Å². The van der Waals surface area contributed by atoms with Gasteiger partial charge in [-0.1, -0.05) is 20.6 Å². The van der Waals surface area contributed by atoms with Crippen molar-refractivity contribution in [1.29, 1.82) is 0 Å². The molecule has 0 saturated heterocycles. The minimum Gasteiger partial charge on any atom is -0.539 e. The number of aliphatic hydroxyl groups is 2. The van der Waals surface area contributed by atoms with Gasteiger partial charge < -0.3 is 19.7 Å². The standard InChI is InChI=1S/C13H20F3O4.U/c1-3-9(2)12(16)13(11(15)6-14)20-7-10(18)4-5-19-8-17;/h6,8-10,17-18H,3-5,7H2,1-2H3;/q-1;/b11-6-,13-12-;.